The third-order valence-electron chi connectivity index (χ3n) is 18.8. The number of likely N-dealkylation sites (tertiary alicyclic amines) is 2. The molecule has 2 saturated heterocycles. The fourth-order valence-electron chi connectivity index (χ4n) is 16.7. The van der Waals surface area contributed by atoms with Gasteiger partial charge < -0.3 is 29.7 Å². The molecule has 0 aromatic rings. The van der Waals surface area contributed by atoms with Gasteiger partial charge >= 0.3 is 75.7 Å². The van der Waals surface area contributed by atoms with Crippen molar-refractivity contribution in [1.82, 2.24) is 9.80 Å². The van der Waals surface area contributed by atoms with Gasteiger partial charge in [0.1, 0.15) is 0 Å². The van der Waals surface area contributed by atoms with Gasteiger partial charge in [0.05, 0.1) is 8.07 Å². The summed E-state index contributed by atoms with van der Waals surface area (Å²) in [7, 11) is 23.6. The second kappa shape index (κ2) is 27.8. The van der Waals surface area contributed by atoms with Gasteiger partial charge in [-0.1, -0.05) is 123 Å². The van der Waals surface area contributed by atoms with E-state index in [-0.39, 0.29) is 29.7 Å². The molecule has 59 heavy (non-hydrogen) atoms. The van der Waals surface area contributed by atoms with Gasteiger partial charge in [0.2, 0.25) is 0 Å². The first kappa shape index (κ1) is 58.2. The predicted molar refractivity (Wildman–Crippen MR) is 262 cm³/mol. The van der Waals surface area contributed by atoms with Crippen LogP contribution < -0.4 is 0 Å². The summed E-state index contributed by atoms with van der Waals surface area (Å²) in [4.78, 5) is 5.87. The number of halogens is 4. The first-order valence-electron chi connectivity index (χ1n) is 23.9. The van der Waals surface area contributed by atoms with Crippen molar-refractivity contribution in [3.8, 4) is 0 Å². The summed E-state index contributed by atoms with van der Waals surface area (Å²) < 4.78 is 0. The Kier molecular flexibility index (Phi) is 27.4. The third-order valence-corrected chi connectivity index (χ3v) is 24.0. The van der Waals surface area contributed by atoms with Crippen LogP contribution in [0, 0.1) is 88.9 Å². The van der Waals surface area contributed by atoms with Crippen LogP contribution in [0.3, 0.4) is 0 Å². The van der Waals surface area contributed by atoms with Crippen molar-refractivity contribution in [2.45, 2.75) is 216 Å². The Morgan fingerprint density at radius 2 is 0.864 bits per heavy atom. The molecule has 2 aliphatic heterocycles. The topological polar surface area (TPSA) is 6.48 Å². The molecule has 0 radical (unpaired) electrons. The maximum absolute atomic E-state index is 4.93. The summed E-state index contributed by atoms with van der Waals surface area (Å²) >= 11 is -1.65. The minimum absolute atomic E-state index is 0. The molecule has 8 aliphatic carbocycles. The van der Waals surface area contributed by atoms with Crippen LogP contribution in [0.2, 0.25) is 24.2 Å². The minimum atomic E-state index is -1.20. The standard InChI is InChI=1S/C24H43NSi.C17H29N.C5H10.4CH3.4ClH.2Zr/c1-16-13-14-21-20(15-16)22-18-11-7-8-12-19(18)24(23(22)25(21)2)26(3,4)17-9-5-6-10-17;1-11-7-8-16-14(9-11)15-10-12-5-3-4-6-13(12)17(15)18(16)2;1-2-4-5-3-1;;;;;;;;;;/h16-24H,5-15H2,1-4H3;11-17H,3-10H2,1-2H3;1-5H2;4*1H3;4*1H;;/q;;;4*-1;;;;;2*+4/p-4. The summed E-state index contributed by atoms with van der Waals surface area (Å²) in [6.07, 6.45) is 36.8. The molecular formula is C50H94Cl4N2SiZr2. The van der Waals surface area contributed by atoms with E-state index in [1.807, 2.05) is 0 Å². The fourth-order valence-corrected chi connectivity index (χ4v) is 22.0. The number of hydrogen-bond acceptors (Lipinski definition) is 2. The molecule has 0 bridgehead atoms. The maximum atomic E-state index is 4.93. The summed E-state index contributed by atoms with van der Waals surface area (Å²) in [6, 6.07) is 3.86. The van der Waals surface area contributed by atoms with Crippen LogP contribution in [0.15, 0.2) is 0 Å². The second-order valence-corrected chi connectivity index (χ2v) is 34.2. The summed E-state index contributed by atoms with van der Waals surface area (Å²) in [6.45, 7) is 10.7. The van der Waals surface area contributed by atoms with Crippen molar-refractivity contribution in [3.63, 3.8) is 0 Å². The van der Waals surface area contributed by atoms with E-state index in [4.69, 9.17) is 34.1 Å². The molecular weight excluding hydrogens is 981 g/mol. The van der Waals surface area contributed by atoms with E-state index in [9.17, 15) is 0 Å². The Balaban J connectivity index is 0.000000317. The molecule has 9 heteroatoms. The molecule has 0 spiro atoms. The van der Waals surface area contributed by atoms with Crippen LogP contribution >= 0.6 is 34.1 Å². The molecule has 10 fully saturated rings. The van der Waals surface area contributed by atoms with Crippen molar-refractivity contribution in [2.75, 3.05) is 14.1 Å². The van der Waals surface area contributed by atoms with Gasteiger partial charge in [-0.3, -0.25) is 9.80 Å². The average molecular weight is 1080 g/mol. The number of fused-ring (bicyclic) bond motifs is 10. The van der Waals surface area contributed by atoms with E-state index in [0.717, 1.165) is 94.4 Å². The third kappa shape index (κ3) is 13.2. The van der Waals surface area contributed by atoms with E-state index in [1.165, 1.54) is 89.9 Å². The summed E-state index contributed by atoms with van der Waals surface area (Å²) in [5.41, 5.74) is 2.26. The van der Waals surface area contributed by atoms with Crippen LogP contribution in [0.4, 0.5) is 0 Å². The zero-order valence-corrected chi connectivity index (χ0v) is 49.1. The predicted octanol–water partition coefficient (Wildman–Crippen LogP) is 17.0. The first-order valence-corrected chi connectivity index (χ1v) is 39.8. The molecule has 15 unspecified atom stereocenters. The zero-order valence-electron chi connectivity index (χ0n) is 40.1. The Morgan fingerprint density at radius 1 is 0.441 bits per heavy atom. The molecule has 2 nitrogen and oxygen atoms in total. The Hall–Kier alpha value is 3.06. The van der Waals surface area contributed by atoms with E-state index in [1.54, 1.807) is 64.2 Å². The monoisotopic (exact) mass is 1070 g/mol. The fraction of sp³-hybridized carbons (Fsp3) is 0.920. The van der Waals surface area contributed by atoms with Gasteiger partial charge in [-0.15, -0.1) is 0 Å². The zero-order chi connectivity index (χ0) is 39.3. The van der Waals surface area contributed by atoms with E-state index >= 15 is 0 Å². The van der Waals surface area contributed by atoms with Gasteiger partial charge in [0.15, 0.2) is 0 Å². The first-order chi connectivity index (χ1) is 26.6. The van der Waals surface area contributed by atoms with Crippen LogP contribution in [-0.2, 0) is 41.7 Å². The van der Waals surface area contributed by atoms with Crippen LogP contribution in [0.25, 0.3) is 0 Å². The molecule has 344 valence electrons. The number of nitrogens with zero attached hydrogens (tertiary/aromatic N) is 2. The van der Waals surface area contributed by atoms with Crippen LogP contribution in [0.5, 0.6) is 0 Å². The van der Waals surface area contributed by atoms with E-state index in [0.29, 0.717) is 0 Å². The van der Waals surface area contributed by atoms with Crippen molar-refractivity contribution in [3.05, 3.63) is 29.7 Å². The number of hydrogen-bond donors (Lipinski definition) is 0. The molecule has 0 aromatic carbocycles. The van der Waals surface area contributed by atoms with Crippen LogP contribution in [-0.4, -0.2) is 56.1 Å². The van der Waals surface area contributed by atoms with E-state index in [2.05, 4.69) is 50.8 Å². The molecule has 0 aromatic heterocycles. The van der Waals surface area contributed by atoms with Gasteiger partial charge in [-0.2, -0.15) is 0 Å². The molecule has 8 saturated carbocycles. The molecule has 0 N–H and O–H groups in total. The Morgan fingerprint density at radius 3 is 1.41 bits per heavy atom. The van der Waals surface area contributed by atoms with Gasteiger partial charge in [-0.25, -0.2) is 0 Å². The van der Waals surface area contributed by atoms with Crippen molar-refractivity contribution in [2.24, 2.45) is 59.2 Å². The van der Waals surface area contributed by atoms with Crippen molar-refractivity contribution < 1.29 is 41.7 Å². The molecule has 15 atom stereocenters. The summed E-state index contributed by atoms with van der Waals surface area (Å²) in [5.74, 6) is 10.7. The normalized spacial score (nSPS) is 41.4. The SMILES string of the molecule is C1CCCC1.CC1CCC2C(C1)C1C3CCCCC3C([Si](C)(C)C3CCCC3)C1N2C.CC1CCC2C(C1)C1CC3CCCCC3C1N2C.[CH3-].[CH3-].[CH3-].[CH3-].[Cl][Zr+2][Cl].[Cl][Zr+2][Cl]. The molecule has 2 heterocycles. The molecule has 10 rings (SSSR count). The van der Waals surface area contributed by atoms with Crippen molar-refractivity contribution >= 4 is 42.1 Å². The molecule has 0 amide bonds. The summed E-state index contributed by atoms with van der Waals surface area (Å²) in [5, 5.41) is 0. The average Bonchev–Trinajstić information content (AvgIpc) is 4.03. The van der Waals surface area contributed by atoms with E-state index < -0.39 is 49.8 Å². The second-order valence-electron chi connectivity index (χ2n) is 21.6. The van der Waals surface area contributed by atoms with Gasteiger partial charge in [0, 0.05) is 24.2 Å². The van der Waals surface area contributed by atoms with Crippen molar-refractivity contribution in [1.29, 1.82) is 0 Å². The molecule has 10 aliphatic rings. The van der Waals surface area contributed by atoms with Gasteiger partial charge in [0.25, 0.3) is 0 Å². The Labute approximate surface area is 408 Å². The Bertz CT molecular complexity index is 1130. The van der Waals surface area contributed by atoms with Gasteiger partial charge in [-0.05, 0) is 142 Å². The quantitative estimate of drug-likeness (QED) is 0.201. The van der Waals surface area contributed by atoms with Crippen LogP contribution in [0.1, 0.15) is 168 Å². The number of rotatable bonds is 2.